The largest absolute Gasteiger partial charge is 0.417 e. The molecule has 0 unspecified atom stereocenters. The van der Waals surface area contributed by atoms with Crippen LogP contribution in [-0.2, 0) is 19.1 Å². The van der Waals surface area contributed by atoms with E-state index in [-0.39, 0.29) is 34.5 Å². The zero-order valence-electron chi connectivity index (χ0n) is 23.8. The molecule has 1 saturated heterocycles. The highest BCUT2D eigenvalue weighted by atomic mass is 79.9. The molecule has 0 N–H and O–H groups in total. The maximum atomic E-state index is 14.2. The molecule has 13 heteroatoms. The van der Waals surface area contributed by atoms with Crippen LogP contribution in [-0.4, -0.2) is 54.3 Å². The van der Waals surface area contributed by atoms with Crippen LogP contribution in [0.25, 0.3) is 11.6 Å². The van der Waals surface area contributed by atoms with Gasteiger partial charge in [-0.25, -0.2) is 19.2 Å². The fraction of sp³-hybridized carbons (Fsp3) is 0.367. The normalized spacial score (nSPS) is 17.0. The summed E-state index contributed by atoms with van der Waals surface area (Å²) >= 11 is 2.93. The molecule has 0 saturated carbocycles. The fourth-order valence-corrected chi connectivity index (χ4v) is 6.28. The highest BCUT2D eigenvalue weighted by Gasteiger charge is 2.36. The smallest absolute Gasteiger partial charge is 0.357 e. The molecule has 0 bridgehead atoms. The van der Waals surface area contributed by atoms with Gasteiger partial charge in [0.15, 0.2) is 0 Å². The predicted molar refractivity (Wildman–Crippen MR) is 158 cm³/mol. The van der Waals surface area contributed by atoms with Crippen LogP contribution in [0.15, 0.2) is 51.9 Å². The van der Waals surface area contributed by atoms with E-state index < -0.39 is 23.7 Å². The van der Waals surface area contributed by atoms with E-state index in [9.17, 15) is 22.8 Å². The van der Waals surface area contributed by atoms with Crippen molar-refractivity contribution in [2.75, 3.05) is 18.0 Å². The molecular weight excluding hydrogens is 627 g/mol. The van der Waals surface area contributed by atoms with Crippen LogP contribution in [0.3, 0.4) is 0 Å². The molecule has 6 rings (SSSR count). The van der Waals surface area contributed by atoms with Gasteiger partial charge in [0, 0.05) is 40.4 Å². The number of carbonyl (C=O) groups is 1. The molecule has 43 heavy (non-hydrogen) atoms. The van der Waals surface area contributed by atoms with Crippen LogP contribution < -0.4 is 10.5 Å². The molecule has 0 radical (unpaired) electrons. The minimum atomic E-state index is -4.63. The lowest BCUT2D eigenvalue weighted by Gasteiger charge is -2.34. The standard InChI is InChI=1S/C30H29BrF3N7O2/c1-17-12-19(3)41(37-17)29-36-25-16-39(27(42)20-6-8-24(31)23(14-20)30(32,33)34)18(2)13-22(25)28(43)40(29)21-7-9-26(35-15-21)38-10-4-5-11-38/h6-9,12,14-15,18H,4-5,10-11,13,16H2,1-3H3/t18-/m1/s1. The van der Waals surface area contributed by atoms with Crippen molar-refractivity contribution >= 4 is 27.7 Å². The van der Waals surface area contributed by atoms with Crippen LogP contribution in [0, 0.1) is 13.8 Å². The van der Waals surface area contributed by atoms with E-state index in [2.05, 4.69) is 30.9 Å². The SMILES string of the molecule is Cc1cc(C)n(-c2nc3c(c(=O)n2-c2ccc(N4CCCC4)nc2)C[C@@H](C)N(C(=O)c2ccc(Br)c(C(F)(F)F)c2)C3)n1. The van der Waals surface area contributed by atoms with Crippen LogP contribution in [0.5, 0.6) is 0 Å². The van der Waals surface area contributed by atoms with Crippen molar-refractivity contribution < 1.29 is 18.0 Å². The first-order chi connectivity index (χ1) is 20.4. The molecule has 1 aromatic carbocycles. The Morgan fingerprint density at radius 2 is 1.81 bits per heavy atom. The van der Waals surface area contributed by atoms with Gasteiger partial charge in [0.25, 0.3) is 11.5 Å². The Balaban J connectivity index is 1.43. The zero-order valence-corrected chi connectivity index (χ0v) is 25.4. The molecule has 5 heterocycles. The molecule has 1 fully saturated rings. The summed E-state index contributed by atoms with van der Waals surface area (Å²) in [5, 5.41) is 4.57. The Hall–Kier alpha value is -4.00. The summed E-state index contributed by atoms with van der Waals surface area (Å²) in [6.07, 6.45) is -0.554. The summed E-state index contributed by atoms with van der Waals surface area (Å²) < 4.78 is 43.6. The van der Waals surface area contributed by atoms with Crippen LogP contribution in [0.1, 0.15) is 58.3 Å². The number of benzene rings is 1. The Morgan fingerprint density at radius 3 is 2.44 bits per heavy atom. The number of rotatable bonds is 4. The van der Waals surface area contributed by atoms with Gasteiger partial charge in [-0.3, -0.25) is 9.59 Å². The number of nitrogens with zero attached hydrogens (tertiary/aromatic N) is 7. The van der Waals surface area contributed by atoms with Crippen molar-refractivity contribution in [1.29, 1.82) is 0 Å². The number of fused-ring (bicyclic) bond motifs is 1. The third-order valence-corrected chi connectivity index (χ3v) is 8.69. The number of aryl methyl sites for hydroxylation is 2. The van der Waals surface area contributed by atoms with Gasteiger partial charge in [-0.1, -0.05) is 15.9 Å². The molecule has 1 atom stereocenters. The van der Waals surface area contributed by atoms with Gasteiger partial charge >= 0.3 is 6.18 Å². The van der Waals surface area contributed by atoms with Gasteiger partial charge in [-0.15, -0.1) is 0 Å². The monoisotopic (exact) mass is 655 g/mol. The minimum absolute atomic E-state index is 0.0404. The minimum Gasteiger partial charge on any atom is -0.357 e. The molecule has 0 spiro atoms. The number of pyridine rings is 1. The van der Waals surface area contributed by atoms with Gasteiger partial charge in [0.2, 0.25) is 5.95 Å². The Kier molecular flexibility index (Phi) is 7.39. The van der Waals surface area contributed by atoms with Gasteiger partial charge < -0.3 is 9.80 Å². The average molecular weight is 657 g/mol. The molecule has 0 aliphatic carbocycles. The number of amides is 1. The molecular formula is C30H29BrF3N7O2. The van der Waals surface area contributed by atoms with E-state index in [0.29, 0.717) is 16.9 Å². The molecule has 9 nitrogen and oxygen atoms in total. The summed E-state index contributed by atoms with van der Waals surface area (Å²) in [6.45, 7) is 7.31. The second-order valence-corrected chi connectivity index (χ2v) is 11.9. The summed E-state index contributed by atoms with van der Waals surface area (Å²) in [6, 6.07) is 8.58. The first-order valence-electron chi connectivity index (χ1n) is 14.0. The van der Waals surface area contributed by atoms with E-state index in [0.717, 1.165) is 49.2 Å². The Labute approximate surface area is 254 Å². The summed E-state index contributed by atoms with van der Waals surface area (Å²) in [7, 11) is 0. The Bertz CT molecular complexity index is 1780. The van der Waals surface area contributed by atoms with Crippen LogP contribution >= 0.6 is 15.9 Å². The van der Waals surface area contributed by atoms with Crippen molar-refractivity contribution in [2.24, 2.45) is 0 Å². The molecule has 1 amide bonds. The summed E-state index contributed by atoms with van der Waals surface area (Å²) in [5.41, 5.74) is 1.52. The lowest BCUT2D eigenvalue weighted by atomic mass is 9.98. The number of anilines is 1. The molecule has 4 aromatic rings. The predicted octanol–water partition coefficient (Wildman–Crippen LogP) is 5.40. The highest BCUT2D eigenvalue weighted by molar-refractivity contribution is 9.10. The second kappa shape index (κ2) is 10.9. The van der Waals surface area contributed by atoms with Crippen molar-refractivity contribution in [1.82, 2.24) is 29.2 Å². The fourth-order valence-electron chi connectivity index (χ4n) is 5.81. The summed E-state index contributed by atoms with van der Waals surface area (Å²) in [4.78, 5) is 40.9. The lowest BCUT2D eigenvalue weighted by molar-refractivity contribution is -0.138. The number of hydrogen-bond donors (Lipinski definition) is 0. The number of aromatic nitrogens is 5. The van der Waals surface area contributed by atoms with Gasteiger partial charge in [-0.05, 0) is 76.4 Å². The molecule has 2 aliphatic heterocycles. The van der Waals surface area contributed by atoms with Crippen LogP contribution in [0.2, 0.25) is 0 Å². The quantitative estimate of drug-likeness (QED) is 0.293. The first-order valence-corrected chi connectivity index (χ1v) is 14.8. The number of alkyl halides is 3. The van der Waals surface area contributed by atoms with E-state index >= 15 is 0 Å². The first kappa shape index (κ1) is 29.1. The van der Waals surface area contributed by atoms with Crippen molar-refractivity contribution in [2.45, 2.75) is 58.8 Å². The van der Waals surface area contributed by atoms with Gasteiger partial charge in [-0.2, -0.15) is 18.3 Å². The van der Waals surface area contributed by atoms with E-state index in [4.69, 9.17) is 4.98 Å². The van der Waals surface area contributed by atoms with E-state index in [1.807, 2.05) is 32.0 Å². The second-order valence-electron chi connectivity index (χ2n) is 11.1. The van der Waals surface area contributed by atoms with Gasteiger partial charge in [0.1, 0.15) is 5.82 Å². The van der Waals surface area contributed by atoms with Gasteiger partial charge in [0.05, 0.1) is 35.4 Å². The summed E-state index contributed by atoms with van der Waals surface area (Å²) in [5.74, 6) is 0.517. The zero-order chi connectivity index (χ0) is 30.6. The van der Waals surface area contributed by atoms with E-state index in [1.165, 1.54) is 21.6 Å². The van der Waals surface area contributed by atoms with Crippen molar-refractivity contribution in [3.63, 3.8) is 0 Å². The third-order valence-electron chi connectivity index (χ3n) is 8.00. The maximum Gasteiger partial charge on any atom is 0.417 e. The Morgan fingerprint density at radius 1 is 1.07 bits per heavy atom. The lowest BCUT2D eigenvalue weighted by Crippen LogP contribution is -2.46. The topological polar surface area (TPSA) is 89.2 Å². The number of halogens is 4. The van der Waals surface area contributed by atoms with Crippen LogP contribution in [0.4, 0.5) is 19.0 Å². The third kappa shape index (κ3) is 5.34. The van der Waals surface area contributed by atoms with E-state index in [1.54, 1.807) is 17.8 Å². The maximum absolute atomic E-state index is 14.2. The highest BCUT2D eigenvalue weighted by Crippen LogP contribution is 2.36. The molecule has 3 aromatic heterocycles. The molecule has 2 aliphatic rings. The number of carbonyl (C=O) groups excluding carboxylic acids is 1. The molecule has 224 valence electrons. The average Bonchev–Trinajstić information content (AvgIpc) is 3.62. The number of hydrogen-bond acceptors (Lipinski definition) is 6. The van der Waals surface area contributed by atoms with Crippen molar-refractivity contribution in [3.8, 4) is 11.6 Å². The van der Waals surface area contributed by atoms with Crippen molar-refractivity contribution in [3.05, 3.63) is 91.2 Å².